The van der Waals surface area contributed by atoms with Gasteiger partial charge in [-0.2, -0.15) is 4.68 Å². The molecule has 41 heavy (non-hydrogen) atoms. The van der Waals surface area contributed by atoms with Crippen LogP contribution in [0.25, 0.3) is 0 Å². The lowest BCUT2D eigenvalue weighted by atomic mass is 10.0. The standard InChI is InChI=1S/C15H24N2O3.C9H13NO3.C7H14O/c1-14(2,3)20-13(18)17-10-6-12(16-17)19-11-5-7-15(4)8-9-15;1-9(2,3)13-8(12)10-5-4-7(11)6-10;1-7(4-5-7)3-2-6-8/h6,10H,5,7-9,11H2,1-4H3;4-5H,6H2,1-3H3;8H,2-6H2,1H3. The topological polar surface area (TPSA) is 120 Å². The van der Waals surface area contributed by atoms with Crippen LogP contribution in [-0.4, -0.2) is 68.7 Å². The smallest absolute Gasteiger partial charge is 0.435 e. The van der Waals surface area contributed by atoms with Crippen LogP contribution < -0.4 is 4.74 Å². The van der Waals surface area contributed by atoms with Gasteiger partial charge in [-0.1, -0.05) is 13.8 Å². The summed E-state index contributed by atoms with van der Waals surface area (Å²) in [5, 5.41) is 12.5. The van der Waals surface area contributed by atoms with Crippen molar-refractivity contribution in [2.45, 2.75) is 118 Å². The van der Waals surface area contributed by atoms with Crippen molar-refractivity contribution >= 4 is 18.0 Å². The quantitative estimate of drug-likeness (QED) is 0.348. The van der Waals surface area contributed by atoms with Gasteiger partial charge in [0.05, 0.1) is 13.2 Å². The SMILES string of the molecule is CC(C)(C)OC(=O)N1C=CC(=O)C1.CC1(CCCO)CC1.CC1(CCCOc2ccn(C(=O)OC(C)(C)C)n2)CC1. The summed E-state index contributed by atoms with van der Waals surface area (Å²) in [4.78, 5) is 35.1. The summed E-state index contributed by atoms with van der Waals surface area (Å²) in [6.45, 7) is 16.5. The van der Waals surface area contributed by atoms with Crippen LogP contribution in [0.15, 0.2) is 24.5 Å². The summed E-state index contributed by atoms with van der Waals surface area (Å²) in [6, 6.07) is 1.68. The number of aromatic nitrogens is 2. The molecule has 1 amide bonds. The molecule has 0 bridgehead atoms. The van der Waals surface area contributed by atoms with Crippen molar-refractivity contribution in [2.24, 2.45) is 10.8 Å². The third-order valence-corrected chi connectivity index (χ3v) is 6.86. The normalized spacial score (nSPS) is 18.0. The van der Waals surface area contributed by atoms with Gasteiger partial charge in [-0.05, 0) is 110 Å². The number of hydrogen-bond donors (Lipinski definition) is 1. The zero-order valence-electron chi connectivity index (χ0n) is 26.3. The molecular formula is C31H51N3O7. The molecule has 3 aliphatic rings. The van der Waals surface area contributed by atoms with E-state index in [2.05, 4.69) is 18.9 Å². The van der Waals surface area contributed by atoms with E-state index in [1.165, 1.54) is 60.4 Å². The van der Waals surface area contributed by atoms with Crippen LogP contribution in [0.4, 0.5) is 9.59 Å². The minimum atomic E-state index is -0.524. The van der Waals surface area contributed by atoms with E-state index in [1.807, 2.05) is 20.8 Å². The van der Waals surface area contributed by atoms with Crippen LogP contribution in [0.5, 0.6) is 5.88 Å². The highest BCUT2D eigenvalue weighted by molar-refractivity contribution is 5.96. The lowest BCUT2D eigenvalue weighted by Gasteiger charge is -2.22. The Hall–Kier alpha value is -2.88. The van der Waals surface area contributed by atoms with Crippen LogP contribution in [-0.2, 0) is 14.3 Å². The number of hydrogen-bond acceptors (Lipinski definition) is 8. The molecule has 1 aromatic heterocycles. The van der Waals surface area contributed by atoms with E-state index in [9.17, 15) is 14.4 Å². The molecule has 232 valence electrons. The Labute approximate surface area is 245 Å². The minimum Gasteiger partial charge on any atom is -0.477 e. The van der Waals surface area contributed by atoms with Gasteiger partial charge in [-0.3, -0.25) is 9.69 Å². The monoisotopic (exact) mass is 577 g/mol. The summed E-state index contributed by atoms with van der Waals surface area (Å²) in [6.07, 6.45) is 13.3. The van der Waals surface area contributed by atoms with Crippen molar-refractivity contribution in [1.82, 2.24) is 14.7 Å². The van der Waals surface area contributed by atoms with E-state index in [-0.39, 0.29) is 12.3 Å². The van der Waals surface area contributed by atoms with Gasteiger partial charge >= 0.3 is 12.2 Å². The molecule has 0 radical (unpaired) electrons. The predicted octanol–water partition coefficient (Wildman–Crippen LogP) is 6.50. The number of aliphatic hydroxyl groups is 1. The molecule has 2 heterocycles. The number of ether oxygens (including phenoxy) is 3. The first-order valence-electron chi connectivity index (χ1n) is 14.7. The Kier molecular flexibility index (Phi) is 12.0. The van der Waals surface area contributed by atoms with Crippen LogP contribution >= 0.6 is 0 Å². The average molecular weight is 578 g/mol. The number of carbonyl (C=O) groups excluding carboxylic acids is 3. The fourth-order valence-corrected chi connectivity index (χ4v) is 3.80. The number of amides is 1. The summed E-state index contributed by atoms with van der Waals surface area (Å²) < 4.78 is 17.0. The third kappa shape index (κ3) is 14.5. The lowest BCUT2D eigenvalue weighted by molar-refractivity contribution is -0.114. The van der Waals surface area contributed by atoms with Crippen molar-refractivity contribution in [3.63, 3.8) is 0 Å². The molecule has 10 nitrogen and oxygen atoms in total. The highest BCUT2D eigenvalue weighted by Crippen LogP contribution is 2.49. The number of rotatable bonds is 8. The van der Waals surface area contributed by atoms with Gasteiger partial charge in [0.25, 0.3) is 0 Å². The van der Waals surface area contributed by atoms with Crippen LogP contribution in [0.1, 0.15) is 107 Å². The molecule has 0 unspecified atom stereocenters. The van der Waals surface area contributed by atoms with Gasteiger partial charge in [-0.25, -0.2) is 9.59 Å². The summed E-state index contributed by atoms with van der Waals surface area (Å²) in [5.41, 5.74) is 0.155. The molecule has 0 spiro atoms. The van der Waals surface area contributed by atoms with E-state index in [0.29, 0.717) is 29.9 Å². The maximum Gasteiger partial charge on any atom is 0.435 e. The highest BCUT2D eigenvalue weighted by atomic mass is 16.6. The lowest BCUT2D eigenvalue weighted by Crippen LogP contribution is -2.33. The van der Waals surface area contributed by atoms with Crippen molar-refractivity contribution in [2.75, 3.05) is 19.8 Å². The number of aliphatic hydroxyl groups excluding tert-OH is 1. The fraction of sp³-hybridized carbons (Fsp3) is 0.742. The Morgan fingerprint density at radius 3 is 1.93 bits per heavy atom. The molecular weight excluding hydrogens is 526 g/mol. The molecule has 2 saturated carbocycles. The first-order chi connectivity index (χ1) is 18.9. The van der Waals surface area contributed by atoms with Crippen LogP contribution in [0.2, 0.25) is 0 Å². The fourth-order valence-electron chi connectivity index (χ4n) is 3.80. The zero-order chi connectivity index (χ0) is 30.9. The Morgan fingerprint density at radius 2 is 1.46 bits per heavy atom. The molecule has 0 atom stereocenters. The number of ketones is 1. The Bertz CT molecular complexity index is 1040. The predicted molar refractivity (Wildman–Crippen MR) is 157 cm³/mol. The van der Waals surface area contributed by atoms with E-state index in [0.717, 1.165) is 12.8 Å². The van der Waals surface area contributed by atoms with E-state index in [4.69, 9.17) is 19.3 Å². The molecule has 1 N–H and O–H groups in total. The van der Waals surface area contributed by atoms with Gasteiger partial charge in [0.1, 0.15) is 11.2 Å². The summed E-state index contributed by atoms with van der Waals surface area (Å²) in [7, 11) is 0. The maximum absolute atomic E-state index is 11.8. The first kappa shape index (κ1) is 34.3. The Morgan fingerprint density at radius 1 is 0.927 bits per heavy atom. The van der Waals surface area contributed by atoms with Crippen molar-refractivity contribution in [1.29, 1.82) is 0 Å². The Balaban J connectivity index is 0.000000239. The number of nitrogens with zero attached hydrogens (tertiary/aromatic N) is 3. The zero-order valence-corrected chi connectivity index (χ0v) is 26.3. The number of carbonyl (C=O) groups is 3. The molecule has 4 rings (SSSR count). The molecule has 1 aromatic rings. The van der Waals surface area contributed by atoms with Gasteiger partial charge in [0, 0.05) is 25.1 Å². The summed E-state index contributed by atoms with van der Waals surface area (Å²) in [5.74, 6) is 0.391. The average Bonchev–Trinajstić information content (AvgIpc) is 3.62. The van der Waals surface area contributed by atoms with Crippen molar-refractivity contribution in [3.8, 4) is 5.88 Å². The maximum atomic E-state index is 11.8. The van der Waals surface area contributed by atoms with E-state index < -0.39 is 23.4 Å². The second-order valence-electron chi connectivity index (χ2n) is 13.9. The van der Waals surface area contributed by atoms with Crippen molar-refractivity contribution in [3.05, 3.63) is 24.5 Å². The highest BCUT2D eigenvalue weighted by Gasteiger charge is 2.36. The molecule has 10 heteroatoms. The molecule has 2 aliphatic carbocycles. The first-order valence-corrected chi connectivity index (χ1v) is 14.7. The third-order valence-electron chi connectivity index (χ3n) is 6.86. The second kappa shape index (κ2) is 14.3. The minimum absolute atomic E-state index is 0.0779. The van der Waals surface area contributed by atoms with Gasteiger partial charge < -0.3 is 19.3 Å². The van der Waals surface area contributed by atoms with E-state index >= 15 is 0 Å². The van der Waals surface area contributed by atoms with Crippen LogP contribution in [0, 0.1) is 10.8 Å². The van der Waals surface area contributed by atoms with Crippen LogP contribution in [0.3, 0.4) is 0 Å². The van der Waals surface area contributed by atoms with Crippen molar-refractivity contribution < 1.29 is 33.7 Å². The van der Waals surface area contributed by atoms with Gasteiger partial charge in [-0.15, -0.1) is 5.10 Å². The molecule has 1 aliphatic heterocycles. The molecule has 0 aromatic carbocycles. The second-order valence-corrected chi connectivity index (χ2v) is 13.9. The van der Waals surface area contributed by atoms with Gasteiger partial charge in [0.2, 0.25) is 5.88 Å². The van der Waals surface area contributed by atoms with Gasteiger partial charge in [0.15, 0.2) is 5.78 Å². The molecule has 2 fully saturated rings. The van der Waals surface area contributed by atoms with E-state index in [1.54, 1.807) is 33.0 Å². The summed E-state index contributed by atoms with van der Waals surface area (Å²) >= 11 is 0. The largest absolute Gasteiger partial charge is 0.477 e. The molecule has 0 saturated heterocycles.